The maximum Gasteiger partial charge on any atom is 0.305 e. The zero-order valence-electron chi connectivity index (χ0n) is 12.3. The summed E-state index contributed by atoms with van der Waals surface area (Å²) in [6, 6.07) is 10.1. The van der Waals surface area contributed by atoms with Gasteiger partial charge < -0.3 is 15.5 Å². The molecule has 0 unspecified atom stereocenters. The zero-order valence-corrected chi connectivity index (χ0v) is 12.3. The lowest BCUT2D eigenvalue weighted by Crippen LogP contribution is -2.45. The fourth-order valence-electron chi connectivity index (χ4n) is 2.04. The van der Waals surface area contributed by atoms with E-state index in [-0.39, 0.29) is 18.0 Å². The highest BCUT2D eigenvalue weighted by molar-refractivity contribution is 5.93. The molecule has 1 aromatic carbocycles. The van der Waals surface area contributed by atoms with Gasteiger partial charge in [0.2, 0.25) is 5.88 Å². The molecule has 7 heteroatoms. The van der Waals surface area contributed by atoms with Crippen molar-refractivity contribution in [3.8, 4) is 11.6 Å². The second-order valence-corrected chi connectivity index (χ2v) is 5.54. The van der Waals surface area contributed by atoms with Crippen molar-refractivity contribution in [2.75, 3.05) is 0 Å². The van der Waals surface area contributed by atoms with Crippen LogP contribution in [-0.2, 0) is 4.79 Å². The molecule has 0 spiro atoms. The predicted octanol–water partition coefficient (Wildman–Crippen LogP) is 1.56. The van der Waals surface area contributed by atoms with Gasteiger partial charge in [-0.25, -0.2) is 4.68 Å². The van der Waals surface area contributed by atoms with E-state index >= 15 is 0 Å². The number of rotatable bonds is 5. The predicted molar refractivity (Wildman–Crippen MR) is 79.0 cm³/mol. The zero-order chi connectivity index (χ0) is 16.3. The topological polar surface area (TPSA) is 104 Å². The molecule has 22 heavy (non-hydrogen) atoms. The molecule has 0 radical (unpaired) electrons. The second kappa shape index (κ2) is 5.88. The molecule has 7 nitrogen and oxygen atoms in total. The molecule has 3 N–H and O–H groups in total. The lowest BCUT2D eigenvalue weighted by molar-refractivity contribution is -0.138. The normalized spacial score (nSPS) is 11.2. The first-order chi connectivity index (χ1) is 10.3. The van der Waals surface area contributed by atoms with Gasteiger partial charge in [-0.15, -0.1) is 0 Å². The Morgan fingerprint density at radius 3 is 2.50 bits per heavy atom. The Hall–Kier alpha value is -2.83. The average Bonchev–Trinajstić information content (AvgIpc) is 2.80. The highest BCUT2D eigenvalue weighted by Gasteiger charge is 2.26. The molecule has 0 atom stereocenters. The van der Waals surface area contributed by atoms with Crippen molar-refractivity contribution < 1.29 is 19.8 Å². The van der Waals surface area contributed by atoms with Crippen LogP contribution in [0.4, 0.5) is 0 Å². The minimum absolute atomic E-state index is 0.0137. The Morgan fingerprint density at radius 1 is 1.27 bits per heavy atom. The van der Waals surface area contributed by atoms with E-state index in [0.717, 1.165) is 0 Å². The molecule has 0 aliphatic rings. The number of nitrogens with zero attached hydrogens (tertiary/aromatic N) is 2. The quantitative estimate of drug-likeness (QED) is 0.777. The largest absolute Gasteiger partial charge is 0.493 e. The lowest BCUT2D eigenvalue weighted by Gasteiger charge is -2.23. The summed E-state index contributed by atoms with van der Waals surface area (Å²) in [5, 5.41) is 25.4. The molecule has 2 rings (SSSR count). The first kappa shape index (κ1) is 15.6. The number of aromatic hydroxyl groups is 1. The van der Waals surface area contributed by atoms with E-state index < -0.39 is 17.4 Å². The van der Waals surface area contributed by atoms with Crippen molar-refractivity contribution in [1.82, 2.24) is 15.1 Å². The molecule has 0 aliphatic carbocycles. The highest BCUT2D eigenvalue weighted by atomic mass is 16.4. The Kier molecular flexibility index (Phi) is 4.16. The van der Waals surface area contributed by atoms with E-state index in [2.05, 4.69) is 10.4 Å². The van der Waals surface area contributed by atoms with Crippen molar-refractivity contribution in [2.24, 2.45) is 0 Å². The van der Waals surface area contributed by atoms with E-state index in [1.165, 1.54) is 10.7 Å². The number of carboxylic acids is 1. The Balaban J connectivity index is 2.20. The minimum atomic E-state index is -1.01. The summed E-state index contributed by atoms with van der Waals surface area (Å²) in [5.41, 5.74) is -0.293. The van der Waals surface area contributed by atoms with Crippen LogP contribution >= 0.6 is 0 Å². The molecule has 1 heterocycles. The minimum Gasteiger partial charge on any atom is -0.493 e. The number of carboxylic acid groups (broad SMARTS) is 1. The van der Waals surface area contributed by atoms with Crippen molar-refractivity contribution in [3.63, 3.8) is 0 Å². The number of hydrogen-bond donors (Lipinski definition) is 3. The lowest BCUT2D eigenvalue weighted by atomic mass is 10.0. The Labute approximate surface area is 127 Å². The van der Waals surface area contributed by atoms with E-state index in [1.54, 1.807) is 38.1 Å². The summed E-state index contributed by atoms with van der Waals surface area (Å²) in [6.07, 6.45) is -0.218. The molecule has 0 bridgehead atoms. The van der Waals surface area contributed by atoms with Crippen molar-refractivity contribution >= 4 is 11.9 Å². The van der Waals surface area contributed by atoms with Crippen LogP contribution in [0, 0.1) is 0 Å². The van der Waals surface area contributed by atoms with Crippen LogP contribution < -0.4 is 5.32 Å². The van der Waals surface area contributed by atoms with E-state index in [9.17, 15) is 14.7 Å². The van der Waals surface area contributed by atoms with Crippen molar-refractivity contribution in [2.45, 2.75) is 25.8 Å². The third kappa shape index (κ3) is 3.63. The molecule has 0 fully saturated rings. The first-order valence-electron chi connectivity index (χ1n) is 6.67. The van der Waals surface area contributed by atoms with Crippen LogP contribution in [0.15, 0.2) is 36.4 Å². The fraction of sp³-hybridized carbons (Fsp3) is 0.267. The second-order valence-electron chi connectivity index (χ2n) is 5.54. The van der Waals surface area contributed by atoms with Gasteiger partial charge in [0, 0.05) is 11.6 Å². The SMILES string of the molecule is CC(C)(CC(=O)O)NC(=O)c1cc(O)n(-c2ccccc2)n1. The molecule has 2 aromatic rings. The van der Waals surface area contributed by atoms with Crippen LogP contribution in [0.2, 0.25) is 0 Å². The smallest absolute Gasteiger partial charge is 0.305 e. The molecular weight excluding hydrogens is 286 g/mol. The molecule has 116 valence electrons. The van der Waals surface area contributed by atoms with Crippen molar-refractivity contribution in [1.29, 1.82) is 0 Å². The number of para-hydroxylation sites is 1. The Morgan fingerprint density at radius 2 is 1.91 bits per heavy atom. The van der Waals surface area contributed by atoms with E-state index in [4.69, 9.17) is 5.11 Å². The molecule has 0 saturated heterocycles. The molecular formula is C15H17N3O4. The molecule has 1 amide bonds. The van der Waals surface area contributed by atoms with Gasteiger partial charge >= 0.3 is 5.97 Å². The van der Waals surface area contributed by atoms with Gasteiger partial charge in [-0.1, -0.05) is 18.2 Å². The Bertz CT molecular complexity index is 692. The fourth-order valence-corrected chi connectivity index (χ4v) is 2.04. The molecule has 1 aromatic heterocycles. The number of aliphatic carboxylic acids is 1. The third-order valence-electron chi connectivity index (χ3n) is 2.97. The number of carbonyl (C=O) groups excluding carboxylic acids is 1. The summed E-state index contributed by atoms with van der Waals surface area (Å²) in [7, 11) is 0. The van der Waals surface area contributed by atoms with E-state index in [1.807, 2.05) is 6.07 Å². The van der Waals surface area contributed by atoms with Gasteiger partial charge in [0.05, 0.1) is 12.1 Å². The van der Waals surface area contributed by atoms with E-state index in [0.29, 0.717) is 5.69 Å². The summed E-state index contributed by atoms with van der Waals surface area (Å²) in [5.74, 6) is -1.73. The number of nitrogens with one attached hydrogen (secondary N) is 1. The number of aromatic nitrogens is 2. The number of hydrogen-bond acceptors (Lipinski definition) is 4. The monoisotopic (exact) mass is 303 g/mol. The number of carbonyl (C=O) groups is 2. The van der Waals surface area contributed by atoms with Crippen LogP contribution in [-0.4, -0.2) is 37.4 Å². The summed E-state index contributed by atoms with van der Waals surface area (Å²) < 4.78 is 1.24. The van der Waals surface area contributed by atoms with Gasteiger partial charge in [-0.3, -0.25) is 9.59 Å². The molecule has 0 saturated carbocycles. The maximum absolute atomic E-state index is 12.1. The molecule has 0 aliphatic heterocycles. The number of amides is 1. The van der Waals surface area contributed by atoms with Gasteiger partial charge in [0.25, 0.3) is 5.91 Å². The average molecular weight is 303 g/mol. The number of benzene rings is 1. The van der Waals surface area contributed by atoms with Gasteiger partial charge in [-0.2, -0.15) is 5.10 Å². The van der Waals surface area contributed by atoms with Crippen LogP contribution in [0.1, 0.15) is 30.8 Å². The van der Waals surface area contributed by atoms with Gasteiger partial charge in [0.1, 0.15) is 0 Å². The summed E-state index contributed by atoms with van der Waals surface area (Å²) in [6.45, 7) is 3.21. The van der Waals surface area contributed by atoms with Crippen LogP contribution in [0.3, 0.4) is 0 Å². The summed E-state index contributed by atoms with van der Waals surface area (Å²) in [4.78, 5) is 22.9. The first-order valence-corrected chi connectivity index (χ1v) is 6.67. The third-order valence-corrected chi connectivity index (χ3v) is 2.97. The van der Waals surface area contributed by atoms with Crippen molar-refractivity contribution in [3.05, 3.63) is 42.1 Å². The standard InChI is InChI=1S/C15H17N3O4/c1-15(2,9-13(20)21)16-14(22)11-8-12(19)18(17-11)10-6-4-3-5-7-10/h3-8,19H,9H2,1-2H3,(H,16,22)(H,20,21). The van der Waals surface area contributed by atoms with Gasteiger partial charge in [-0.05, 0) is 26.0 Å². The van der Waals surface area contributed by atoms with Gasteiger partial charge in [0.15, 0.2) is 5.69 Å². The van der Waals surface area contributed by atoms with Crippen LogP contribution in [0.5, 0.6) is 5.88 Å². The maximum atomic E-state index is 12.1. The summed E-state index contributed by atoms with van der Waals surface area (Å²) >= 11 is 0. The van der Waals surface area contributed by atoms with Crippen LogP contribution in [0.25, 0.3) is 5.69 Å². The highest BCUT2D eigenvalue weighted by Crippen LogP contribution is 2.18.